The number of para-hydroxylation sites is 1. The summed E-state index contributed by atoms with van der Waals surface area (Å²) in [6.07, 6.45) is 0. The first kappa shape index (κ1) is 28.8. The van der Waals surface area contributed by atoms with Crippen LogP contribution in [0, 0.1) is 0 Å². The molecule has 0 N–H and O–H groups in total. The number of nitrogens with zero attached hydrogens (tertiary/aromatic N) is 1. The number of anilines is 3. The molecule has 236 valence electrons. The van der Waals surface area contributed by atoms with Gasteiger partial charge in [-0.05, 0) is 102 Å². The molecule has 8 aromatic carbocycles. The van der Waals surface area contributed by atoms with Crippen molar-refractivity contribution in [2.24, 2.45) is 0 Å². The van der Waals surface area contributed by atoms with Gasteiger partial charge in [-0.1, -0.05) is 159 Å². The molecular formula is C49H35N. The minimum absolute atomic E-state index is 0.0914. The first-order chi connectivity index (χ1) is 24.6. The van der Waals surface area contributed by atoms with E-state index in [1.165, 1.54) is 77.5 Å². The average molecular weight is 638 g/mol. The van der Waals surface area contributed by atoms with E-state index in [4.69, 9.17) is 0 Å². The standard InChI is InChI=1S/C49H35N/c1-49(2)45-21-10-8-18-40(45)41-28-27-35(31-46(41)49)50(47-22-11-9-15-37(47)32-13-4-3-5-14-32)34-25-23-33(24-26-34)36-29-30-44-39-17-7-6-16-38(39)43-20-12-19-42(36)48(43)44/h3-31H,1-2H3. The number of hydrogen-bond donors (Lipinski definition) is 0. The fourth-order valence-electron chi connectivity index (χ4n) is 8.64. The number of hydrogen-bond acceptors (Lipinski definition) is 1. The van der Waals surface area contributed by atoms with Crippen LogP contribution in [0.3, 0.4) is 0 Å². The van der Waals surface area contributed by atoms with E-state index in [-0.39, 0.29) is 5.41 Å². The van der Waals surface area contributed by atoms with Gasteiger partial charge in [-0.2, -0.15) is 0 Å². The van der Waals surface area contributed by atoms with Crippen molar-refractivity contribution in [3.8, 4) is 55.6 Å². The van der Waals surface area contributed by atoms with Gasteiger partial charge in [0.2, 0.25) is 0 Å². The van der Waals surface area contributed by atoms with Crippen LogP contribution < -0.4 is 4.90 Å². The van der Waals surface area contributed by atoms with Crippen LogP contribution in [0.1, 0.15) is 25.0 Å². The van der Waals surface area contributed by atoms with E-state index in [2.05, 4.69) is 195 Å². The summed E-state index contributed by atoms with van der Waals surface area (Å²) in [6, 6.07) is 64.8. The summed E-state index contributed by atoms with van der Waals surface area (Å²) in [7, 11) is 0. The minimum atomic E-state index is -0.0914. The van der Waals surface area contributed by atoms with Crippen molar-refractivity contribution in [2.45, 2.75) is 19.3 Å². The van der Waals surface area contributed by atoms with Gasteiger partial charge in [0.05, 0.1) is 5.69 Å². The second kappa shape index (κ2) is 10.9. The van der Waals surface area contributed by atoms with E-state index < -0.39 is 0 Å². The van der Waals surface area contributed by atoms with Crippen molar-refractivity contribution in [3.63, 3.8) is 0 Å². The molecule has 0 spiro atoms. The van der Waals surface area contributed by atoms with Gasteiger partial charge < -0.3 is 4.90 Å². The molecule has 50 heavy (non-hydrogen) atoms. The van der Waals surface area contributed by atoms with Gasteiger partial charge in [0.15, 0.2) is 0 Å². The topological polar surface area (TPSA) is 3.24 Å². The Morgan fingerprint density at radius 1 is 0.360 bits per heavy atom. The van der Waals surface area contributed by atoms with Gasteiger partial charge in [-0.25, -0.2) is 0 Å². The van der Waals surface area contributed by atoms with Crippen LogP contribution in [0.15, 0.2) is 176 Å². The molecule has 2 aliphatic rings. The third-order valence-corrected chi connectivity index (χ3v) is 11.0. The fourth-order valence-corrected chi connectivity index (χ4v) is 8.64. The van der Waals surface area contributed by atoms with Crippen LogP contribution >= 0.6 is 0 Å². The molecule has 0 heterocycles. The van der Waals surface area contributed by atoms with Crippen LogP contribution in [0.2, 0.25) is 0 Å². The van der Waals surface area contributed by atoms with E-state index in [1.807, 2.05) is 0 Å². The van der Waals surface area contributed by atoms with Gasteiger partial charge in [0, 0.05) is 22.4 Å². The summed E-state index contributed by atoms with van der Waals surface area (Å²) in [6.45, 7) is 4.71. The highest BCUT2D eigenvalue weighted by Crippen LogP contribution is 2.52. The van der Waals surface area contributed by atoms with Crippen molar-refractivity contribution >= 4 is 27.8 Å². The Kier molecular flexibility index (Phi) is 6.29. The second-order valence-electron chi connectivity index (χ2n) is 14.1. The quantitative estimate of drug-likeness (QED) is 0.181. The Hall–Kier alpha value is -6.18. The van der Waals surface area contributed by atoms with Crippen LogP contribution in [0.25, 0.3) is 66.4 Å². The van der Waals surface area contributed by atoms with Gasteiger partial charge in [-0.15, -0.1) is 0 Å². The molecule has 0 radical (unpaired) electrons. The van der Waals surface area contributed by atoms with Crippen molar-refractivity contribution in [2.75, 3.05) is 4.90 Å². The maximum atomic E-state index is 2.44. The Morgan fingerprint density at radius 3 is 1.68 bits per heavy atom. The smallest absolute Gasteiger partial charge is 0.0540 e. The lowest BCUT2D eigenvalue weighted by molar-refractivity contribution is 0.660. The van der Waals surface area contributed by atoms with Gasteiger partial charge in [-0.3, -0.25) is 0 Å². The van der Waals surface area contributed by atoms with Crippen molar-refractivity contribution < 1.29 is 0 Å². The zero-order valence-electron chi connectivity index (χ0n) is 28.2. The van der Waals surface area contributed by atoms with E-state index in [1.54, 1.807) is 0 Å². The highest BCUT2D eigenvalue weighted by Gasteiger charge is 2.36. The summed E-state index contributed by atoms with van der Waals surface area (Å²) in [5.41, 5.74) is 19.0. The maximum absolute atomic E-state index is 2.44. The maximum Gasteiger partial charge on any atom is 0.0540 e. The second-order valence-corrected chi connectivity index (χ2v) is 14.1. The molecule has 1 nitrogen and oxygen atoms in total. The summed E-state index contributed by atoms with van der Waals surface area (Å²) >= 11 is 0. The van der Waals surface area contributed by atoms with Crippen LogP contribution in [0.4, 0.5) is 17.1 Å². The van der Waals surface area contributed by atoms with E-state index in [0.717, 1.165) is 17.1 Å². The Bertz CT molecular complexity index is 2580. The lowest BCUT2D eigenvalue weighted by Gasteiger charge is -2.30. The summed E-state index contributed by atoms with van der Waals surface area (Å²) in [5.74, 6) is 0. The van der Waals surface area contributed by atoms with Gasteiger partial charge >= 0.3 is 0 Å². The molecule has 0 aliphatic heterocycles. The third-order valence-electron chi connectivity index (χ3n) is 11.0. The van der Waals surface area contributed by atoms with Crippen LogP contribution in [-0.4, -0.2) is 0 Å². The zero-order chi connectivity index (χ0) is 33.4. The lowest BCUT2D eigenvalue weighted by Crippen LogP contribution is -2.16. The fraction of sp³-hybridized carbons (Fsp3) is 0.0612. The molecule has 0 bridgehead atoms. The molecule has 0 atom stereocenters. The van der Waals surface area contributed by atoms with E-state index in [9.17, 15) is 0 Å². The van der Waals surface area contributed by atoms with Crippen molar-refractivity contribution in [1.82, 2.24) is 0 Å². The lowest BCUT2D eigenvalue weighted by atomic mass is 9.82. The molecular weight excluding hydrogens is 603 g/mol. The van der Waals surface area contributed by atoms with Crippen LogP contribution in [0.5, 0.6) is 0 Å². The Balaban J connectivity index is 1.13. The Labute approximate surface area is 293 Å². The molecule has 0 fully saturated rings. The molecule has 8 aromatic rings. The minimum Gasteiger partial charge on any atom is -0.310 e. The molecule has 0 aromatic heterocycles. The summed E-state index contributed by atoms with van der Waals surface area (Å²) < 4.78 is 0. The highest BCUT2D eigenvalue weighted by atomic mass is 15.1. The first-order valence-corrected chi connectivity index (χ1v) is 17.5. The number of rotatable bonds is 5. The molecule has 0 saturated carbocycles. The normalized spacial score (nSPS) is 13.2. The predicted molar refractivity (Wildman–Crippen MR) is 211 cm³/mol. The van der Waals surface area contributed by atoms with Crippen molar-refractivity contribution in [1.29, 1.82) is 0 Å². The highest BCUT2D eigenvalue weighted by molar-refractivity contribution is 6.18. The SMILES string of the molecule is CC1(C)c2ccccc2-c2ccc(N(c3ccc(-c4ccc5c6c(cccc46)-c4ccccc4-5)cc3)c3ccccc3-c3ccccc3)cc21. The molecule has 2 aliphatic carbocycles. The van der Waals surface area contributed by atoms with Crippen LogP contribution in [-0.2, 0) is 5.41 Å². The third kappa shape index (κ3) is 4.20. The monoisotopic (exact) mass is 637 g/mol. The molecule has 10 rings (SSSR count). The average Bonchev–Trinajstić information content (AvgIpc) is 3.62. The summed E-state index contributed by atoms with van der Waals surface area (Å²) in [4.78, 5) is 2.44. The number of fused-ring (bicyclic) bond motifs is 6. The molecule has 1 heteroatoms. The van der Waals surface area contributed by atoms with Crippen molar-refractivity contribution in [3.05, 3.63) is 187 Å². The molecule has 0 amide bonds. The Morgan fingerprint density at radius 2 is 0.900 bits per heavy atom. The molecule has 0 saturated heterocycles. The summed E-state index contributed by atoms with van der Waals surface area (Å²) in [5, 5.41) is 2.66. The largest absolute Gasteiger partial charge is 0.310 e. The van der Waals surface area contributed by atoms with Gasteiger partial charge in [0.25, 0.3) is 0 Å². The van der Waals surface area contributed by atoms with E-state index in [0.29, 0.717) is 0 Å². The predicted octanol–water partition coefficient (Wildman–Crippen LogP) is 13.6. The van der Waals surface area contributed by atoms with E-state index >= 15 is 0 Å². The van der Waals surface area contributed by atoms with Gasteiger partial charge in [0.1, 0.15) is 0 Å². The molecule has 0 unspecified atom stereocenters. The number of benzene rings is 8. The zero-order valence-corrected chi connectivity index (χ0v) is 28.2. The first-order valence-electron chi connectivity index (χ1n) is 17.5.